The van der Waals surface area contributed by atoms with Crippen LogP contribution < -0.4 is 10.1 Å². The molecule has 150 valence electrons. The van der Waals surface area contributed by atoms with Crippen LogP contribution in [0.4, 0.5) is 0 Å². The summed E-state index contributed by atoms with van der Waals surface area (Å²) in [6, 6.07) is 6.78. The van der Waals surface area contributed by atoms with E-state index < -0.39 is 17.7 Å². The maximum atomic E-state index is 11.0. The summed E-state index contributed by atoms with van der Waals surface area (Å²) in [5.41, 5.74) is 0.415. The van der Waals surface area contributed by atoms with Crippen LogP contribution in [0.5, 0.6) is 5.75 Å². The molecule has 0 saturated carbocycles. The second-order valence-corrected chi connectivity index (χ2v) is 6.60. The van der Waals surface area contributed by atoms with Gasteiger partial charge in [-0.25, -0.2) is 4.79 Å². The highest BCUT2D eigenvalue weighted by molar-refractivity contribution is 5.46. The zero-order valence-corrected chi connectivity index (χ0v) is 16.4. The van der Waals surface area contributed by atoms with Gasteiger partial charge in [-0.15, -0.1) is 0 Å². The molecule has 3 atom stereocenters. The van der Waals surface area contributed by atoms with Gasteiger partial charge in [0.25, 0.3) is 0 Å². The van der Waals surface area contributed by atoms with Crippen molar-refractivity contribution in [2.75, 3.05) is 19.8 Å². The molecular formula is C21H26N2O5. The van der Waals surface area contributed by atoms with E-state index in [1.54, 1.807) is 30.3 Å². The second kappa shape index (κ2) is 9.95. The van der Waals surface area contributed by atoms with Gasteiger partial charge >= 0.3 is 0 Å². The third-order valence-corrected chi connectivity index (χ3v) is 4.74. The number of hydrogen-bond donors (Lipinski definition) is 2. The fourth-order valence-corrected chi connectivity index (χ4v) is 3.00. The second-order valence-electron chi connectivity index (χ2n) is 6.60. The lowest BCUT2D eigenvalue weighted by molar-refractivity contribution is -0.0762. The molecule has 28 heavy (non-hydrogen) atoms. The summed E-state index contributed by atoms with van der Waals surface area (Å²) in [6.07, 6.45) is 2.64. The Labute approximate surface area is 165 Å². The van der Waals surface area contributed by atoms with E-state index in [2.05, 4.69) is 11.4 Å². The zero-order valence-electron chi connectivity index (χ0n) is 16.4. The number of aliphatic hydroxyl groups is 1. The minimum absolute atomic E-state index is 0.135. The van der Waals surface area contributed by atoms with Crippen LogP contribution in [-0.4, -0.2) is 42.6 Å². The molecule has 1 unspecified atom stereocenters. The number of hydrogen-bond acceptors (Lipinski definition) is 7. The quantitative estimate of drug-likeness (QED) is 0.382. The van der Waals surface area contributed by atoms with Crippen molar-refractivity contribution in [3.8, 4) is 11.8 Å². The number of rotatable bonds is 9. The normalized spacial score (nSPS) is 23.6. The molecule has 1 aliphatic heterocycles. The molecule has 0 spiro atoms. The number of ether oxygens (including phenoxy) is 3. The van der Waals surface area contributed by atoms with Crippen molar-refractivity contribution in [2.24, 2.45) is 0 Å². The zero-order chi connectivity index (χ0) is 20.6. The first-order valence-corrected chi connectivity index (χ1v) is 9.25. The van der Waals surface area contributed by atoms with E-state index in [9.17, 15) is 15.2 Å². The number of carbonyl (C=O) groups excluding carboxylic acids is 1. The molecule has 0 aliphatic carbocycles. The van der Waals surface area contributed by atoms with Gasteiger partial charge in [0.15, 0.2) is 0 Å². The lowest BCUT2D eigenvalue weighted by Crippen LogP contribution is -2.53. The SMILES string of the molecule is CCOC(=CN[C@@H]1c2cc(C#N)ccc2OC(C)(CC)[C@H]1O)COCC=C=O. The summed E-state index contributed by atoms with van der Waals surface area (Å²) < 4.78 is 16.9. The van der Waals surface area contributed by atoms with Gasteiger partial charge in [-0.2, -0.15) is 5.26 Å². The molecule has 1 heterocycles. The average Bonchev–Trinajstić information content (AvgIpc) is 2.71. The number of fused-ring (bicyclic) bond motifs is 1. The topological polar surface area (TPSA) is 101 Å². The molecule has 0 radical (unpaired) electrons. The number of aliphatic hydroxyl groups excluding tert-OH is 1. The molecule has 2 N–H and O–H groups in total. The molecule has 1 aromatic carbocycles. The average molecular weight is 386 g/mol. The van der Waals surface area contributed by atoms with Gasteiger partial charge in [0.05, 0.1) is 30.9 Å². The Balaban J connectivity index is 2.30. The summed E-state index contributed by atoms with van der Waals surface area (Å²) in [5, 5.41) is 23.4. The summed E-state index contributed by atoms with van der Waals surface area (Å²) >= 11 is 0. The molecule has 7 heteroatoms. The first-order valence-electron chi connectivity index (χ1n) is 9.25. The summed E-state index contributed by atoms with van der Waals surface area (Å²) in [7, 11) is 0. The predicted molar refractivity (Wildman–Crippen MR) is 103 cm³/mol. The van der Waals surface area contributed by atoms with Gasteiger partial charge in [0, 0.05) is 17.8 Å². The molecule has 1 aliphatic rings. The smallest absolute Gasteiger partial charge is 0.137 e. The Morgan fingerprint density at radius 1 is 1.46 bits per heavy atom. The van der Waals surface area contributed by atoms with Crippen LogP contribution in [0.1, 0.15) is 44.4 Å². The van der Waals surface area contributed by atoms with E-state index >= 15 is 0 Å². The van der Waals surface area contributed by atoms with Crippen molar-refractivity contribution in [2.45, 2.75) is 44.9 Å². The van der Waals surface area contributed by atoms with Gasteiger partial charge in [-0.3, -0.25) is 0 Å². The number of nitriles is 1. The third-order valence-electron chi connectivity index (χ3n) is 4.74. The summed E-state index contributed by atoms with van der Waals surface area (Å²) in [5.74, 6) is 2.81. The minimum atomic E-state index is -0.850. The number of nitrogens with zero attached hydrogens (tertiary/aromatic N) is 1. The Morgan fingerprint density at radius 2 is 2.25 bits per heavy atom. The standard InChI is InChI=1S/C21H26N2O5/c1-4-21(3)20(25)19(17-11-15(12-22)7-8-18(17)28-21)23-13-16(27-5-2)14-26-10-6-9-24/h6-8,11,13,19-20,23,25H,4-5,10,14H2,1-3H3/t19-,20+,21?/m1/s1. The lowest BCUT2D eigenvalue weighted by atomic mass is 9.83. The van der Waals surface area contributed by atoms with Crippen LogP contribution in [-0.2, 0) is 14.3 Å². The molecule has 0 saturated heterocycles. The van der Waals surface area contributed by atoms with E-state index in [-0.39, 0.29) is 13.2 Å². The Morgan fingerprint density at radius 3 is 2.89 bits per heavy atom. The van der Waals surface area contributed by atoms with E-state index in [4.69, 9.17) is 14.2 Å². The fourth-order valence-electron chi connectivity index (χ4n) is 3.00. The first kappa shape index (κ1) is 21.5. The van der Waals surface area contributed by atoms with E-state index in [1.165, 1.54) is 6.08 Å². The van der Waals surface area contributed by atoms with Gasteiger partial charge in [0.1, 0.15) is 35.8 Å². The van der Waals surface area contributed by atoms with Crippen LogP contribution in [0.25, 0.3) is 0 Å². The molecule has 2 rings (SSSR count). The van der Waals surface area contributed by atoms with Crippen molar-refractivity contribution in [3.63, 3.8) is 0 Å². The van der Waals surface area contributed by atoms with Crippen LogP contribution in [0.2, 0.25) is 0 Å². The molecule has 0 amide bonds. The van der Waals surface area contributed by atoms with E-state index in [0.29, 0.717) is 35.7 Å². The van der Waals surface area contributed by atoms with E-state index in [0.717, 1.165) is 0 Å². The Bertz CT molecular complexity index is 794. The van der Waals surface area contributed by atoms with Crippen molar-refractivity contribution in [1.29, 1.82) is 5.26 Å². The summed E-state index contributed by atoms with van der Waals surface area (Å²) in [4.78, 5) is 10.2. The predicted octanol–water partition coefficient (Wildman–Crippen LogP) is 2.39. The first-order chi connectivity index (χ1) is 13.5. The number of nitrogens with one attached hydrogen (secondary N) is 1. The fraction of sp³-hybridized carbons (Fsp3) is 0.476. The van der Waals surface area contributed by atoms with Gasteiger partial charge in [-0.05, 0) is 38.5 Å². The third kappa shape index (κ3) is 4.93. The van der Waals surface area contributed by atoms with Crippen LogP contribution in [0.3, 0.4) is 0 Å². The van der Waals surface area contributed by atoms with E-state index in [1.807, 2.05) is 20.8 Å². The lowest BCUT2D eigenvalue weighted by Gasteiger charge is -2.44. The van der Waals surface area contributed by atoms with Crippen molar-refractivity contribution in [1.82, 2.24) is 5.32 Å². The molecular weight excluding hydrogens is 360 g/mol. The highest BCUT2D eigenvalue weighted by Gasteiger charge is 2.44. The van der Waals surface area contributed by atoms with Gasteiger partial charge in [0.2, 0.25) is 0 Å². The molecule has 7 nitrogen and oxygen atoms in total. The highest BCUT2D eigenvalue weighted by atomic mass is 16.5. The number of benzene rings is 1. The maximum absolute atomic E-state index is 11.0. The highest BCUT2D eigenvalue weighted by Crippen LogP contribution is 2.41. The molecule has 0 bridgehead atoms. The van der Waals surface area contributed by atoms with Crippen molar-refractivity contribution >= 4 is 5.94 Å². The van der Waals surface area contributed by atoms with Gasteiger partial charge in [-0.1, -0.05) is 6.92 Å². The van der Waals surface area contributed by atoms with Crippen molar-refractivity contribution in [3.05, 3.63) is 47.4 Å². The molecule has 0 aromatic heterocycles. The van der Waals surface area contributed by atoms with Gasteiger partial charge < -0.3 is 24.6 Å². The largest absolute Gasteiger partial charge is 0.494 e. The Hall–Kier alpha value is -2.78. The minimum Gasteiger partial charge on any atom is -0.494 e. The van der Waals surface area contributed by atoms with Crippen LogP contribution in [0, 0.1) is 11.3 Å². The van der Waals surface area contributed by atoms with Crippen LogP contribution in [0.15, 0.2) is 36.2 Å². The van der Waals surface area contributed by atoms with Crippen molar-refractivity contribution < 1.29 is 24.1 Å². The van der Waals surface area contributed by atoms with Crippen LogP contribution >= 0.6 is 0 Å². The molecule has 0 fully saturated rings. The maximum Gasteiger partial charge on any atom is 0.137 e. The summed E-state index contributed by atoms with van der Waals surface area (Å²) in [6.45, 7) is 6.40. The molecule has 1 aromatic rings. The Kier molecular flexibility index (Phi) is 7.65. The monoisotopic (exact) mass is 386 g/mol.